The van der Waals surface area contributed by atoms with Crippen molar-refractivity contribution in [1.29, 1.82) is 0 Å². The fraction of sp³-hybridized carbons (Fsp3) is 0.278. The van der Waals surface area contributed by atoms with Gasteiger partial charge in [0.25, 0.3) is 5.69 Å². The van der Waals surface area contributed by atoms with E-state index in [0.717, 1.165) is 17.0 Å². The molecule has 0 aliphatic rings. The topological polar surface area (TPSA) is 119 Å². The minimum Gasteiger partial charge on any atom is -0.383 e. The van der Waals surface area contributed by atoms with E-state index in [2.05, 4.69) is 25.8 Å². The molecule has 10 heteroatoms. The summed E-state index contributed by atoms with van der Waals surface area (Å²) in [6.45, 7) is 1.93. The van der Waals surface area contributed by atoms with E-state index in [9.17, 15) is 10.1 Å². The number of hydrogen-bond acceptors (Lipinski definition) is 6. The number of ether oxygens (including phenoxy) is 1. The lowest BCUT2D eigenvalue weighted by molar-refractivity contribution is -0.384. The van der Waals surface area contributed by atoms with E-state index in [1.807, 2.05) is 28.8 Å². The standard InChI is InChI=1S/C18H21N7O3/c1-28-11-9-19-18(20-12-14-5-7-15(8-6-14)25(26)27)21-13-17-23-22-16-4-2-3-10-24(16)17/h2-8,10H,9,11-13H2,1H3,(H2,19,20,21). The first-order valence-corrected chi connectivity index (χ1v) is 8.70. The molecule has 10 nitrogen and oxygen atoms in total. The van der Waals surface area contributed by atoms with E-state index < -0.39 is 4.92 Å². The molecule has 0 aliphatic carbocycles. The van der Waals surface area contributed by atoms with Crippen LogP contribution in [0.5, 0.6) is 0 Å². The van der Waals surface area contributed by atoms with Gasteiger partial charge in [-0.15, -0.1) is 10.2 Å². The van der Waals surface area contributed by atoms with Crippen LogP contribution in [0.4, 0.5) is 5.69 Å². The number of fused-ring (bicyclic) bond motifs is 1. The zero-order valence-electron chi connectivity index (χ0n) is 15.4. The van der Waals surface area contributed by atoms with E-state index in [-0.39, 0.29) is 5.69 Å². The van der Waals surface area contributed by atoms with E-state index in [1.165, 1.54) is 12.1 Å². The zero-order chi connectivity index (χ0) is 19.8. The molecule has 28 heavy (non-hydrogen) atoms. The Bertz CT molecular complexity index is 953. The number of guanidine groups is 1. The Labute approximate surface area is 161 Å². The molecule has 2 aromatic heterocycles. The van der Waals surface area contributed by atoms with E-state index in [0.29, 0.717) is 32.2 Å². The van der Waals surface area contributed by atoms with Gasteiger partial charge in [-0.3, -0.25) is 14.5 Å². The first-order chi connectivity index (χ1) is 13.7. The number of methoxy groups -OCH3 is 1. The second-order valence-corrected chi connectivity index (χ2v) is 5.91. The van der Waals surface area contributed by atoms with Crippen molar-refractivity contribution in [1.82, 2.24) is 25.2 Å². The van der Waals surface area contributed by atoms with Gasteiger partial charge in [0.15, 0.2) is 17.4 Å². The highest BCUT2D eigenvalue weighted by molar-refractivity contribution is 5.79. The van der Waals surface area contributed by atoms with Crippen LogP contribution in [-0.2, 0) is 17.8 Å². The molecule has 0 atom stereocenters. The number of nitrogens with zero attached hydrogens (tertiary/aromatic N) is 5. The van der Waals surface area contributed by atoms with Gasteiger partial charge in [-0.1, -0.05) is 18.2 Å². The predicted octanol–water partition coefficient (Wildman–Crippen LogP) is 1.52. The van der Waals surface area contributed by atoms with Crippen LogP contribution >= 0.6 is 0 Å². The predicted molar refractivity (Wildman–Crippen MR) is 104 cm³/mol. The number of rotatable bonds is 8. The van der Waals surface area contributed by atoms with E-state index in [1.54, 1.807) is 19.2 Å². The van der Waals surface area contributed by atoms with Crippen LogP contribution in [0.3, 0.4) is 0 Å². The van der Waals surface area contributed by atoms with Crippen LogP contribution in [-0.4, -0.2) is 45.7 Å². The van der Waals surface area contributed by atoms with Crippen LogP contribution in [0.2, 0.25) is 0 Å². The van der Waals surface area contributed by atoms with Gasteiger partial charge in [-0.25, -0.2) is 4.99 Å². The third kappa shape index (κ3) is 5.01. The van der Waals surface area contributed by atoms with Crippen molar-refractivity contribution < 1.29 is 9.66 Å². The molecule has 0 saturated heterocycles. The molecule has 3 rings (SSSR count). The molecule has 2 heterocycles. The Morgan fingerprint density at radius 2 is 2.04 bits per heavy atom. The van der Waals surface area contributed by atoms with Crippen LogP contribution in [0.15, 0.2) is 53.7 Å². The number of benzene rings is 1. The Morgan fingerprint density at radius 1 is 1.21 bits per heavy atom. The summed E-state index contributed by atoms with van der Waals surface area (Å²) in [5.41, 5.74) is 1.70. The molecule has 146 valence electrons. The maximum atomic E-state index is 10.7. The average molecular weight is 383 g/mol. The van der Waals surface area contributed by atoms with Gasteiger partial charge >= 0.3 is 0 Å². The minimum absolute atomic E-state index is 0.0583. The molecule has 0 bridgehead atoms. The van der Waals surface area contributed by atoms with Gasteiger partial charge in [0.1, 0.15) is 0 Å². The fourth-order valence-electron chi connectivity index (χ4n) is 2.51. The lowest BCUT2D eigenvalue weighted by Gasteiger charge is -2.12. The summed E-state index contributed by atoms with van der Waals surface area (Å²) in [6.07, 6.45) is 1.90. The van der Waals surface area contributed by atoms with Crippen LogP contribution < -0.4 is 10.6 Å². The largest absolute Gasteiger partial charge is 0.383 e. The molecule has 1 aromatic carbocycles. The summed E-state index contributed by atoms with van der Waals surface area (Å²) >= 11 is 0. The lowest BCUT2D eigenvalue weighted by Crippen LogP contribution is -2.39. The number of non-ortho nitro benzene ring substituents is 1. The fourth-order valence-corrected chi connectivity index (χ4v) is 2.51. The number of nitro benzene ring substituents is 1. The molecule has 0 unspecified atom stereocenters. The number of aromatic nitrogens is 3. The molecule has 0 fully saturated rings. The summed E-state index contributed by atoms with van der Waals surface area (Å²) in [5.74, 6) is 1.34. The van der Waals surface area contributed by atoms with Crippen molar-refractivity contribution in [2.24, 2.45) is 4.99 Å². The average Bonchev–Trinajstić information content (AvgIpc) is 3.13. The normalized spacial score (nSPS) is 11.5. The van der Waals surface area contributed by atoms with Gasteiger partial charge < -0.3 is 15.4 Å². The number of pyridine rings is 1. The van der Waals surface area contributed by atoms with Gasteiger partial charge in [0.2, 0.25) is 0 Å². The smallest absolute Gasteiger partial charge is 0.269 e. The molecule has 2 N–H and O–H groups in total. The first-order valence-electron chi connectivity index (χ1n) is 8.70. The first kappa shape index (κ1) is 19.2. The van der Waals surface area contributed by atoms with Crippen molar-refractivity contribution in [2.45, 2.75) is 13.1 Å². The van der Waals surface area contributed by atoms with Crippen LogP contribution in [0.1, 0.15) is 11.4 Å². The Hall–Kier alpha value is -3.53. The van der Waals surface area contributed by atoms with Crippen molar-refractivity contribution in [2.75, 3.05) is 20.3 Å². The minimum atomic E-state index is -0.421. The number of aliphatic imine (C=N–C) groups is 1. The molecule has 0 aliphatic heterocycles. The van der Waals surface area contributed by atoms with Gasteiger partial charge in [0.05, 0.1) is 24.6 Å². The third-order valence-corrected chi connectivity index (χ3v) is 3.96. The molecule has 0 amide bonds. The molecule has 0 saturated carbocycles. The van der Waals surface area contributed by atoms with Crippen LogP contribution in [0, 0.1) is 10.1 Å². The van der Waals surface area contributed by atoms with Crippen molar-refractivity contribution >= 4 is 17.3 Å². The highest BCUT2D eigenvalue weighted by Gasteiger charge is 2.07. The zero-order valence-corrected chi connectivity index (χ0v) is 15.4. The molecule has 0 spiro atoms. The highest BCUT2D eigenvalue weighted by Crippen LogP contribution is 2.12. The van der Waals surface area contributed by atoms with Crippen molar-refractivity contribution in [3.05, 3.63) is 70.2 Å². The highest BCUT2D eigenvalue weighted by atomic mass is 16.6. The lowest BCUT2D eigenvalue weighted by atomic mass is 10.2. The van der Waals surface area contributed by atoms with Crippen molar-refractivity contribution in [3.63, 3.8) is 0 Å². The van der Waals surface area contributed by atoms with Gasteiger partial charge in [0, 0.05) is 32.0 Å². The van der Waals surface area contributed by atoms with E-state index in [4.69, 9.17) is 4.74 Å². The van der Waals surface area contributed by atoms with E-state index >= 15 is 0 Å². The number of nitrogens with one attached hydrogen (secondary N) is 2. The SMILES string of the molecule is COCCNC(=NCc1ccc([N+](=O)[O-])cc1)NCc1nnc2ccccn12. The Kier molecular flexibility index (Phi) is 6.47. The Balaban J connectivity index is 1.67. The van der Waals surface area contributed by atoms with Crippen LogP contribution in [0.25, 0.3) is 5.65 Å². The molecule has 3 aromatic rings. The maximum absolute atomic E-state index is 10.7. The summed E-state index contributed by atoms with van der Waals surface area (Å²) in [6, 6.07) is 12.0. The number of nitro groups is 1. The maximum Gasteiger partial charge on any atom is 0.269 e. The summed E-state index contributed by atoms with van der Waals surface area (Å²) in [5, 5.41) is 25.5. The van der Waals surface area contributed by atoms with Gasteiger partial charge in [-0.2, -0.15) is 0 Å². The molecule has 0 radical (unpaired) electrons. The number of hydrogen-bond donors (Lipinski definition) is 2. The van der Waals surface area contributed by atoms with Gasteiger partial charge in [-0.05, 0) is 17.7 Å². The second-order valence-electron chi connectivity index (χ2n) is 5.91. The molecular weight excluding hydrogens is 362 g/mol. The summed E-state index contributed by atoms with van der Waals surface area (Å²) in [4.78, 5) is 14.9. The monoisotopic (exact) mass is 383 g/mol. The molecular formula is C18H21N7O3. The summed E-state index contributed by atoms with van der Waals surface area (Å²) < 4.78 is 6.96. The second kappa shape index (κ2) is 9.42. The third-order valence-electron chi connectivity index (χ3n) is 3.96. The Morgan fingerprint density at radius 3 is 2.79 bits per heavy atom. The quantitative estimate of drug-likeness (QED) is 0.199. The summed E-state index contributed by atoms with van der Waals surface area (Å²) in [7, 11) is 1.63. The van der Waals surface area contributed by atoms with Crippen molar-refractivity contribution in [3.8, 4) is 0 Å².